The summed E-state index contributed by atoms with van der Waals surface area (Å²) in [7, 11) is 0. The van der Waals surface area contributed by atoms with Crippen molar-refractivity contribution in [3.8, 4) is 0 Å². The lowest BCUT2D eigenvalue weighted by Gasteiger charge is -2.41. The Bertz CT molecular complexity index is 426. The van der Waals surface area contributed by atoms with E-state index in [9.17, 15) is 4.79 Å². The van der Waals surface area contributed by atoms with Crippen LogP contribution < -0.4 is 0 Å². The van der Waals surface area contributed by atoms with Crippen molar-refractivity contribution in [3.63, 3.8) is 0 Å². The number of unbranched alkanes of at least 4 members (excludes halogenated alkanes) is 9. The van der Waals surface area contributed by atoms with Crippen LogP contribution in [0.5, 0.6) is 0 Å². The molecule has 0 aromatic carbocycles. The van der Waals surface area contributed by atoms with E-state index >= 15 is 0 Å². The molecular formula is C25H46OS. The van der Waals surface area contributed by atoms with Crippen LogP contribution in [0.25, 0.3) is 0 Å². The van der Waals surface area contributed by atoms with Crippen LogP contribution in [0.3, 0.4) is 0 Å². The summed E-state index contributed by atoms with van der Waals surface area (Å²) >= 11 is 1.93. The zero-order valence-corrected chi connectivity index (χ0v) is 19.7. The molecule has 1 aliphatic rings. The fourth-order valence-corrected chi connectivity index (χ4v) is 5.75. The van der Waals surface area contributed by atoms with E-state index in [2.05, 4.69) is 39.8 Å². The minimum atomic E-state index is 0.196. The molecule has 0 bridgehead atoms. The normalized spacial score (nSPS) is 22.7. The van der Waals surface area contributed by atoms with E-state index in [4.69, 9.17) is 0 Å². The van der Waals surface area contributed by atoms with Gasteiger partial charge in [0, 0.05) is 0 Å². The number of hydrogen-bond donors (Lipinski definition) is 0. The molecule has 2 heteroatoms. The molecule has 0 aromatic rings. The van der Waals surface area contributed by atoms with Gasteiger partial charge in [0.15, 0.2) is 0 Å². The summed E-state index contributed by atoms with van der Waals surface area (Å²) in [5.74, 6) is 2.74. The summed E-state index contributed by atoms with van der Waals surface area (Å²) in [6, 6.07) is 0. The predicted octanol–water partition coefficient (Wildman–Crippen LogP) is 8.23. The molecule has 0 fully saturated rings. The van der Waals surface area contributed by atoms with Crippen molar-refractivity contribution in [3.05, 3.63) is 12.2 Å². The Morgan fingerprint density at radius 2 is 1.59 bits per heavy atom. The summed E-state index contributed by atoms with van der Waals surface area (Å²) in [6.45, 7) is 11.2. The number of rotatable bonds is 15. The highest BCUT2D eigenvalue weighted by Gasteiger charge is 2.36. The average molecular weight is 395 g/mol. The molecule has 0 saturated heterocycles. The fourth-order valence-electron chi connectivity index (χ4n) is 4.51. The molecule has 0 aliphatic heterocycles. The SMILES string of the molecule is CCCCCCCCCCCCSC(CC1C(C)C=CCC1(C)C)C(C)=O. The van der Waals surface area contributed by atoms with Crippen molar-refractivity contribution >= 4 is 17.5 Å². The Hall–Kier alpha value is -0.240. The molecule has 0 saturated carbocycles. The van der Waals surface area contributed by atoms with Crippen LogP contribution in [-0.2, 0) is 4.79 Å². The first kappa shape index (κ1) is 24.8. The van der Waals surface area contributed by atoms with E-state index in [0.29, 0.717) is 23.0 Å². The zero-order valence-electron chi connectivity index (χ0n) is 18.9. The molecule has 27 heavy (non-hydrogen) atoms. The maximum absolute atomic E-state index is 12.2. The monoisotopic (exact) mass is 394 g/mol. The Morgan fingerprint density at radius 1 is 1.04 bits per heavy atom. The van der Waals surface area contributed by atoms with Crippen molar-refractivity contribution in [1.82, 2.24) is 0 Å². The lowest BCUT2D eigenvalue weighted by molar-refractivity contribution is -0.117. The van der Waals surface area contributed by atoms with Crippen molar-refractivity contribution in [2.45, 2.75) is 117 Å². The second-order valence-corrected chi connectivity index (χ2v) is 10.8. The number of Topliss-reactive ketones (excluding diaryl/α,β-unsaturated/α-hetero) is 1. The maximum Gasteiger partial charge on any atom is 0.142 e. The van der Waals surface area contributed by atoms with Crippen molar-refractivity contribution in [2.24, 2.45) is 17.3 Å². The molecule has 158 valence electrons. The first-order valence-corrected chi connectivity index (χ1v) is 12.7. The first-order chi connectivity index (χ1) is 12.9. The van der Waals surface area contributed by atoms with Gasteiger partial charge >= 0.3 is 0 Å². The smallest absolute Gasteiger partial charge is 0.142 e. The van der Waals surface area contributed by atoms with Gasteiger partial charge in [-0.15, -0.1) is 0 Å². The number of carbonyl (C=O) groups is 1. The zero-order chi connectivity index (χ0) is 20.1. The van der Waals surface area contributed by atoms with Gasteiger partial charge in [0.25, 0.3) is 0 Å². The average Bonchev–Trinajstić information content (AvgIpc) is 2.60. The van der Waals surface area contributed by atoms with E-state index in [1.54, 1.807) is 6.92 Å². The minimum absolute atomic E-state index is 0.196. The Balaban J connectivity index is 2.19. The third-order valence-corrected chi connectivity index (χ3v) is 7.91. The van der Waals surface area contributed by atoms with E-state index in [1.807, 2.05) is 11.8 Å². The second-order valence-electron chi connectivity index (χ2n) is 9.47. The first-order valence-electron chi connectivity index (χ1n) is 11.7. The van der Waals surface area contributed by atoms with Crippen LogP contribution in [-0.4, -0.2) is 16.8 Å². The van der Waals surface area contributed by atoms with Gasteiger partial charge in [-0.2, -0.15) is 11.8 Å². The number of allylic oxidation sites excluding steroid dienone is 2. The van der Waals surface area contributed by atoms with Crippen LogP contribution in [0, 0.1) is 17.3 Å². The number of thioether (sulfide) groups is 1. The summed E-state index contributed by atoms with van der Waals surface area (Å²) < 4.78 is 0. The topological polar surface area (TPSA) is 17.1 Å². The lowest BCUT2D eigenvalue weighted by Crippen LogP contribution is -2.35. The third kappa shape index (κ3) is 10.2. The van der Waals surface area contributed by atoms with Crippen LogP contribution >= 0.6 is 11.8 Å². The van der Waals surface area contributed by atoms with Gasteiger partial charge in [0.05, 0.1) is 5.25 Å². The van der Waals surface area contributed by atoms with Gasteiger partial charge in [-0.25, -0.2) is 0 Å². The molecule has 0 spiro atoms. The van der Waals surface area contributed by atoms with Gasteiger partial charge in [-0.1, -0.05) is 97.6 Å². The maximum atomic E-state index is 12.2. The number of carbonyl (C=O) groups excluding carboxylic acids is 1. The van der Waals surface area contributed by atoms with E-state index in [0.717, 1.165) is 18.6 Å². The van der Waals surface area contributed by atoms with Crippen molar-refractivity contribution in [2.75, 3.05) is 5.75 Å². The Labute approximate surface area is 174 Å². The molecule has 3 atom stereocenters. The highest BCUT2D eigenvalue weighted by Crippen LogP contribution is 2.44. The summed E-state index contributed by atoms with van der Waals surface area (Å²) in [6.07, 6.45) is 20.7. The van der Waals surface area contributed by atoms with Gasteiger partial charge in [-0.05, 0) is 49.2 Å². The third-order valence-electron chi connectivity index (χ3n) is 6.46. The van der Waals surface area contributed by atoms with Gasteiger partial charge in [-0.3, -0.25) is 4.79 Å². The molecule has 1 aliphatic carbocycles. The standard InChI is InChI=1S/C25H46OS/c1-6-7-8-9-10-11-12-13-14-15-19-27-24(22(3)26)20-23-21(2)17-16-18-25(23,4)5/h16-17,21,23-24H,6-15,18-20H2,1-5H3. The van der Waals surface area contributed by atoms with Gasteiger partial charge < -0.3 is 0 Å². The van der Waals surface area contributed by atoms with Gasteiger partial charge in [0.1, 0.15) is 5.78 Å². The Morgan fingerprint density at radius 3 is 2.11 bits per heavy atom. The minimum Gasteiger partial charge on any atom is -0.299 e. The van der Waals surface area contributed by atoms with E-state index in [1.165, 1.54) is 64.2 Å². The van der Waals surface area contributed by atoms with Crippen LogP contribution in [0.2, 0.25) is 0 Å². The molecule has 0 N–H and O–H groups in total. The Kier molecular flexibility index (Phi) is 12.7. The highest BCUT2D eigenvalue weighted by molar-refractivity contribution is 8.00. The summed E-state index contributed by atoms with van der Waals surface area (Å²) in [4.78, 5) is 12.2. The van der Waals surface area contributed by atoms with Gasteiger partial charge in [0.2, 0.25) is 0 Å². The predicted molar refractivity (Wildman–Crippen MR) is 124 cm³/mol. The summed E-state index contributed by atoms with van der Waals surface area (Å²) in [5.41, 5.74) is 0.319. The van der Waals surface area contributed by atoms with Crippen LogP contribution in [0.4, 0.5) is 0 Å². The lowest BCUT2D eigenvalue weighted by atomic mass is 9.65. The molecular weight excluding hydrogens is 348 g/mol. The van der Waals surface area contributed by atoms with Crippen LogP contribution in [0.15, 0.2) is 12.2 Å². The molecule has 3 unspecified atom stereocenters. The van der Waals surface area contributed by atoms with Crippen molar-refractivity contribution < 1.29 is 4.79 Å². The largest absolute Gasteiger partial charge is 0.299 e. The van der Waals surface area contributed by atoms with Crippen molar-refractivity contribution in [1.29, 1.82) is 0 Å². The summed E-state index contributed by atoms with van der Waals surface area (Å²) in [5, 5.41) is 0.196. The fraction of sp³-hybridized carbons (Fsp3) is 0.880. The van der Waals surface area contributed by atoms with E-state index < -0.39 is 0 Å². The molecule has 0 aromatic heterocycles. The quantitative estimate of drug-likeness (QED) is 0.205. The van der Waals surface area contributed by atoms with Crippen LogP contribution in [0.1, 0.15) is 112 Å². The molecule has 0 amide bonds. The molecule has 1 nitrogen and oxygen atoms in total. The molecule has 1 rings (SSSR count). The molecule has 0 heterocycles. The highest BCUT2D eigenvalue weighted by atomic mass is 32.2. The number of ketones is 1. The van der Waals surface area contributed by atoms with E-state index in [-0.39, 0.29) is 5.25 Å². The number of hydrogen-bond acceptors (Lipinski definition) is 2. The second kappa shape index (κ2) is 13.9. The molecule has 0 radical (unpaired) electrons.